The minimum Gasteiger partial charge on any atom is -0.352 e. The number of primary amides is 1. The molecule has 0 fully saturated rings. The number of hydrogen-bond donors (Lipinski definition) is 2. The normalized spacial score (nSPS) is 10.5. The van der Waals surface area contributed by atoms with Gasteiger partial charge < -0.3 is 15.6 Å². The van der Waals surface area contributed by atoms with E-state index in [1.807, 2.05) is 13.8 Å². The van der Waals surface area contributed by atoms with Crippen LogP contribution in [0.4, 0.5) is 4.79 Å². The van der Waals surface area contributed by atoms with Gasteiger partial charge in [-0.25, -0.2) is 4.79 Å². The van der Waals surface area contributed by atoms with E-state index < -0.39 is 6.03 Å². The van der Waals surface area contributed by atoms with E-state index in [1.165, 1.54) is 0 Å². The van der Waals surface area contributed by atoms with E-state index in [0.717, 1.165) is 0 Å². The van der Waals surface area contributed by atoms with Crippen LogP contribution < -0.4 is 11.1 Å². The van der Waals surface area contributed by atoms with Crippen molar-refractivity contribution in [3.63, 3.8) is 0 Å². The highest BCUT2D eigenvalue weighted by molar-refractivity contribution is 5.71. The summed E-state index contributed by atoms with van der Waals surface area (Å²) >= 11 is 0. The Bertz CT molecular complexity index is 308. The maximum absolute atomic E-state index is 10.3. The summed E-state index contributed by atoms with van der Waals surface area (Å²) in [6, 6.07) is -0.544. The number of urea groups is 1. The summed E-state index contributed by atoms with van der Waals surface area (Å²) in [5.41, 5.74) is 4.90. The zero-order chi connectivity index (χ0) is 10.6. The van der Waals surface area contributed by atoms with Gasteiger partial charge in [0.15, 0.2) is 5.82 Å². The summed E-state index contributed by atoms with van der Waals surface area (Å²) in [5.74, 6) is 1.42. The monoisotopic (exact) mass is 198 g/mol. The molecule has 1 aromatic rings. The van der Waals surface area contributed by atoms with Crippen molar-refractivity contribution >= 4 is 6.03 Å². The van der Waals surface area contributed by atoms with Gasteiger partial charge in [-0.3, -0.25) is 0 Å². The lowest BCUT2D eigenvalue weighted by molar-refractivity contribution is 0.249. The van der Waals surface area contributed by atoms with Crippen LogP contribution in [0.5, 0.6) is 0 Å². The second-order valence-electron chi connectivity index (χ2n) is 3.24. The smallest absolute Gasteiger partial charge is 0.312 e. The first-order chi connectivity index (χ1) is 6.59. The fourth-order valence-corrected chi connectivity index (χ4v) is 0.901. The molecule has 78 valence electrons. The number of carbonyl (C=O) groups excluding carboxylic acids is 1. The fraction of sp³-hybridized carbons (Fsp3) is 0.625. The van der Waals surface area contributed by atoms with Gasteiger partial charge in [-0.15, -0.1) is 0 Å². The summed E-state index contributed by atoms with van der Waals surface area (Å²) < 4.78 is 4.98. The van der Waals surface area contributed by atoms with Gasteiger partial charge in [0.25, 0.3) is 0 Å². The van der Waals surface area contributed by atoms with Crippen molar-refractivity contribution < 1.29 is 9.32 Å². The largest absolute Gasteiger partial charge is 0.352 e. The molecule has 0 aliphatic heterocycles. The quantitative estimate of drug-likeness (QED) is 0.732. The van der Waals surface area contributed by atoms with Gasteiger partial charge in [0.2, 0.25) is 5.89 Å². The number of nitrogens with zero attached hydrogens (tertiary/aromatic N) is 2. The second-order valence-corrected chi connectivity index (χ2v) is 3.24. The highest BCUT2D eigenvalue weighted by Gasteiger charge is 2.09. The molecule has 0 aromatic carbocycles. The highest BCUT2D eigenvalue weighted by atomic mass is 16.5. The van der Waals surface area contributed by atoms with Crippen molar-refractivity contribution in [3.05, 3.63) is 11.7 Å². The number of carbonyl (C=O) groups is 1. The molecule has 1 heterocycles. The molecule has 0 aliphatic rings. The minimum absolute atomic E-state index is 0.223. The third-order valence-corrected chi connectivity index (χ3v) is 1.63. The van der Waals surface area contributed by atoms with Crippen molar-refractivity contribution in [1.82, 2.24) is 15.5 Å². The van der Waals surface area contributed by atoms with Gasteiger partial charge in [0.1, 0.15) is 0 Å². The van der Waals surface area contributed by atoms with Crippen LogP contribution in [0, 0.1) is 0 Å². The van der Waals surface area contributed by atoms with Gasteiger partial charge in [0.05, 0.1) is 0 Å². The van der Waals surface area contributed by atoms with Gasteiger partial charge in [0, 0.05) is 18.9 Å². The van der Waals surface area contributed by atoms with E-state index in [-0.39, 0.29) is 5.92 Å². The Hall–Kier alpha value is -1.59. The first kappa shape index (κ1) is 10.5. The summed E-state index contributed by atoms with van der Waals surface area (Å²) in [5, 5.41) is 6.21. The summed E-state index contributed by atoms with van der Waals surface area (Å²) in [6.45, 7) is 4.37. The molecule has 6 heteroatoms. The van der Waals surface area contributed by atoms with Crippen molar-refractivity contribution in [2.45, 2.75) is 26.2 Å². The van der Waals surface area contributed by atoms with Crippen LogP contribution in [0.2, 0.25) is 0 Å². The van der Waals surface area contributed by atoms with E-state index in [2.05, 4.69) is 15.5 Å². The maximum atomic E-state index is 10.3. The SMILES string of the molecule is CC(C)c1nc(CCNC(N)=O)no1. The Labute approximate surface area is 81.9 Å². The predicted molar refractivity (Wildman–Crippen MR) is 49.7 cm³/mol. The molecular weight excluding hydrogens is 184 g/mol. The zero-order valence-electron chi connectivity index (χ0n) is 8.28. The zero-order valence-corrected chi connectivity index (χ0v) is 8.28. The standard InChI is InChI=1S/C8H14N4O2/c1-5(2)7-11-6(12-14-7)3-4-10-8(9)13/h5H,3-4H2,1-2H3,(H3,9,10,13). The number of hydrogen-bond acceptors (Lipinski definition) is 4. The third kappa shape index (κ3) is 3.04. The van der Waals surface area contributed by atoms with Crippen molar-refractivity contribution in [2.24, 2.45) is 5.73 Å². The first-order valence-electron chi connectivity index (χ1n) is 4.45. The fourth-order valence-electron chi connectivity index (χ4n) is 0.901. The molecule has 1 aromatic heterocycles. The van der Waals surface area contributed by atoms with E-state index in [4.69, 9.17) is 10.3 Å². The van der Waals surface area contributed by atoms with Crippen molar-refractivity contribution in [3.8, 4) is 0 Å². The second kappa shape index (κ2) is 4.59. The van der Waals surface area contributed by atoms with E-state index in [0.29, 0.717) is 24.7 Å². The molecule has 0 saturated carbocycles. The van der Waals surface area contributed by atoms with Gasteiger partial charge in [-0.05, 0) is 0 Å². The molecule has 0 spiro atoms. The minimum atomic E-state index is -0.544. The number of amides is 2. The van der Waals surface area contributed by atoms with E-state index in [1.54, 1.807) is 0 Å². The molecule has 0 saturated heterocycles. The summed E-state index contributed by atoms with van der Waals surface area (Å²) in [4.78, 5) is 14.5. The van der Waals surface area contributed by atoms with E-state index >= 15 is 0 Å². The Morgan fingerprint density at radius 1 is 1.64 bits per heavy atom. The Balaban J connectivity index is 2.40. The van der Waals surface area contributed by atoms with Crippen molar-refractivity contribution in [1.29, 1.82) is 0 Å². The van der Waals surface area contributed by atoms with Crippen LogP contribution in [0.1, 0.15) is 31.5 Å². The number of aromatic nitrogens is 2. The highest BCUT2D eigenvalue weighted by Crippen LogP contribution is 2.10. The Morgan fingerprint density at radius 2 is 2.36 bits per heavy atom. The molecule has 0 atom stereocenters. The molecule has 6 nitrogen and oxygen atoms in total. The molecule has 0 bridgehead atoms. The number of nitrogens with one attached hydrogen (secondary N) is 1. The lowest BCUT2D eigenvalue weighted by atomic mass is 10.2. The Kier molecular flexibility index (Phi) is 3.44. The van der Waals surface area contributed by atoms with Crippen LogP contribution >= 0.6 is 0 Å². The number of nitrogens with two attached hydrogens (primary N) is 1. The molecule has 2 amide bonds. The molecule has 0 radical (unpaired) electrons. The molecule has 3 N–H and O–H groups in total. The van der Waals surface area contributed by atoms with Crippen LogP contribution in [0.15, 0.2) is 4.52 Å². The summed E-state index contributed by atoms with van der Waals surface area (Å²) in [6.07, 6.45) is 0.527. The molecular formula is C8H14N4O2. The average molecular weight is 198 g/mol. The predicted octanol–water partition coefficient (Wildman–Crippen LogP) is 0.404. The van der Waals surface area contributed by atoms with Crippen LogP contribution in [-0.4, -0.2) is 22.7 Å². The van der Waals surface area contributed by atoms with Crippen LogP contribution in [0.25, 0.3) is 0 Å². The van der Waals surface area contributed by atoms with Crippen molar-refractivity contribution in [2.75, 3.05) is 6.54 Å². The van der Waals surface area contributed by atoms with Gasteiger partial charge in [-0.2, -0.15) is 4.98 Å². The van der Waals surface area contributed by atoms with Crippen LogP contribution in [-0.2, 0) is 6.42 Å². The lowest BCUT2D eigenvalue weighted by Gasteiger charge is -1.96. The number of rotatable bonds is 4. The first-order valence-corrected chi connectivity index (χ1v) is 4.45. The maximum Gasteiger partial charge on any atom is 0.312 e. The van der Waals surface area contributed by atoms with Gasteiger partial charge >= 0.3 is 6.03 Å². The molecule has 0 unspecified atom stereocenters. The lowest BCUT2D eigenvalue weighted by Crippen LogP contribution is -2.31. The Morgan fingerprint density at radius 3 is 2.86 bits per heavy atom. The van der Waals surface area contributed by atoms with Gasteiger partial charge in [-0.1, -0.05) is 19.0 Å². The van der Waals surface area contributed by atoms with E-state index in [9.17, 15) is 4.79 Å². The molecule has 0 aliphatic carbocycles. The summed E-state index contributed by atoms with van der Waals surface area (Å²) in [7, 11) is 0. The molecule has 1 rings (SSSR count). The average Bonchev–Trinajstić information content (AvgIpc) is 2.52. The topological polar surface area (TPSA) is 94.0 Å². The molecule has 14 heavy (non-hydrogen) atoms. The third-order valence-electron chi connectivity index (χ3n) is 1.63. The van der Waals surface area contributed by atoms with Crippen LogP contribution in [0.3, 0.4) is 0 Å².